The van der Waals surface area contributed by atoms with Gasteiger partial charge in [-0.15, -0.1) is 0 Å². The normalized spacial score (nSPS) is 13.8. The van der Waals surface area contributed by atoms with Crippen molar-refractivity contribution in [2.24, 2.45) is 5.92 Å². The van der Waals surface area contributed by atoms with Crippen molar-refractivity contribution in [3.05, 3.63) is 18.2 Å². The highest BCUT2D eigenvalue weighted by Gasteiger charge is 2.20. The summed E-state index contributed by atoms with van der Waals surface area (Å²) in [5, 5.41) is 12.4. The third-order valence-electron chi connectivity index (χ3n) is 3.15. The summed E-state index contributed by atoms with van der Waals surface area (Å²) < 4.78 is 25.3. The zero-order valence-corrected chi connectivity index (χ0v) is 13.1. The SMILES string of the molecule is CC(C)C(CO)Nc1cc(S(=O)(=O)N(C)C)ccc1N. The first kappa shape index (κ1) is 16.7. The third-order valence-corrected chi connectivity index (χ3v) is 4.96. The molecule has 0 fully saturated rings. The Kier molecular flexibility index (Phi) is 5.38. The maximum Gasteiger partial charge on any atom is 0.242 e. The highest BCUT2D eigenvalue weighted by Crippen LogP contribution is 2.25. The first-order valence-electron chi connectivity index (χ1n) is 6.39. The van der Waals surface area contributed by atoms with Crippen molar-refractivity contribution in [1.82, 2.24) is 4.31 Å². The summed E-state index contributed by atoms with van der Waals surface area (Å²) in [5.74, 6) is 0.188. The summed E-state index contributed by atoms with van der Waals surface area (Å²) in [4.78, 5) is 0.166. The van der Waals surface area contributed by atoms with Crippen LogP contribution in [0, 0.1) is 5.92 Å². The Morgan fingerprint density at radius 2 is 1.95 bits per heavy atom. The lowest BCUT2D eigenvalue weighted by atomic mass is 10.0. The lowest BCUT2D eigenvalue weighted by Gasteiger charge is -2.23. The van der Waals surface area contributed by atoms with Gasteiger partial charge in [0.25, 0.3) is 0 Å². The van der Waals surface area contributed by atoms with Crippen molar-refractivity contribution in [1.29, 1.82) is 0 Å². The van der Waals surface area contributed by atoms with E-state index >= 15 is 0 Å². The van der Waals surface area contributed by atoms with Crippen molar-refractivity contribution in [2.75, 3.05) is 31.8 Å². The number of anilines is 2. The van der Waals surface area contributed by atoms with Crippen molar-refractivity contribution < 1.29 is 13.5 Å². The lowest BCUT2D eigenvalue weighted by molar-refractivity contribution is 0.249. The largest absolute Gasteiger partial charge is 0.397 e. The van der Waals surface area contributed by atoms with Gasteiger partial charge in [0.05, 0.1) is 28.9 Å². The van der Waals surface area contributed by atoms with E-state index in [4.69, 9.17) is 5.73 Å². The van der Waals surface area contributed by atoms with Crippen LogP contribution >= 0.6 is 0 Å². The number of rotatable bonds is 6. The van der Waals surface area contributed by atoms with Crippen LogP contribution < -0.4 is 11.1 Å². The molecule has 1 unspecified atom stereocenters. The first-order valence-corrected chi connectivity index (χ1v) is 7.83. The molecule has 1 rings (SSSR count). The Morgan fingerprint density at radius 3 is 2.40 bits per heavy atom. The number of aliphatic hydroxyl groups is 1. The van der Waals surface area contributed by atoms with E-state index in [2.05, 4.69) is 5.32 Å². The zero-order chi connectivity index (χ0) is 15.5. The molecule has 1 atom stereocenters. The van der Waals surface area contributed by atoms with Gasteiger partial charge in [-0.3, -0.25) is 0 Å². The number of nitrogens with one attached hydrogen (secondary N) is 1. The van der Waals surface area contributed by atoms with E-state index in [1.807, 2.05) is 13.8 Å². The molecule has 0 aliphatic carbocycles. The van der Waals surface area contributed by atoms with Gasteiger partial charge in [0, 0.05) is 14.1 Å². The van der Waals surface area contributed by atoms with Gasteiger partial charge < -0.3 is 16.2 Å². The molecular weight excluding hydrogens is 278 g/mol. The molecule has 0 bridgehead atoms. The second-order valence-corrected chi connectivity index (χ2v) is 7.37. The molecule has 0 radical (unpaired) electrons. The van der Waals surface area contributed by atoms with Crippen molar-refractivity contribution in [2.45, 2.75) is 24.8 Å². The Balaban J connectivity index is 3.16. The second kappa shape index (κ2) is 6.43. The monoisotopic (exact) mass is 301 g/mol. The second-order valence-electron chi connectivity index (χ2n) is 5.21. The molecule has 7 heteroatoms. The number of nitrogens with zero attached hydrogens (tertiary/aromatic N) is 1. The molecule has 0 aliphatic heterocycles. The fourth-order valence-electron chi connectivity index (χ4n) is 1.65. The highest BCUT2D eigenvalue weighted by atomic mass is 32.2. The maximum absolute atomic E-state index is 12.1. The minimum Gasteiger partial charge on any atom is -0.397 e. The van der Waals surface area contributed by atoms with Crippen LogP contribution in [-0.4, -0.2) is 44.6 Å². The average molecular weight is 301 g/mol. The van der Waals surface area contributed by atoms with Gasteiger partial charge in [0.15, 0.2) is 0 Å². The van der Waals surface area contributed by atoms with Crippen molar-refractivity contribution in [3.8, 4) is 0 Å². The number of nitrogen functional groups attached to an aromatic ring is 1. The Morgan fingerprint density at radius 1 is 1.35 bits per heavy atom. The Hall–Kier alpha value is -1.31. The predicted molar refractivity (Wildman–Crippen MR) is 81.1 cm³/mol. The maximum atomic E-state index is 12.1. The van der Waals surface area contributed by atoms with Crippen LogP contribution in [0.25, 0.3) is 0 Å². The summed E-state index contributed by atoms with van der Waals surface area (Å²) in [6.45, 7) is 3.87. The number of sulfonamides is 1. The smallest absolute Gasteiger partial charge is 0.242 e. The minimum absolute atomic E-state index is 0.0538. The van der Waals surface area contributed by atoms with Crippen LogP contribution in [-0.2, 0) is 10.0 Å². The molecule has 0 saturated heterocycles. The summed E-state index contributed by atoms with van der Waals surface area (Å²) >= 11 is 0. The van der Waals surface area contributed by atoms with Gasteiger partial charge >= 0.3 is 0 Å². The van der Waals surface area contributed by atoms with Gasteiger partial charge in [-0.25, -0.2) is 12.7 Å². The molecule has 1 aromatic carbocycles. The third kappa shape index (κ3) is 3.62. The molecule has 4 N–H and O–H groups in total. The van der Waals surface area contributed by atoms with Gasteiger partial charge in [-0.1, -0.05) is 13.8 Å². The molecule has 0 saturated carbocycles. The van der Waals surface area contributed by atoms with E-state index in [9.17, 15) is 13.5 Å². The van der Waals surface area contributed by atoms with E-state index in [0.717, 1.165) is 4.31 Å². The molecule has 1 aromatic rings. The number of benzene rings is 1. The van der Waals surface area contributed by atoms with Crippen molar-refractivity contribution >= 4 is 21.4 Å². The fourth-order valence-corrected chi connectivity index (χ4v) is 2.58. The van der Waals surface area contributed by atoms with E-state index in [1.165, 1.54) is 26.2 Å². The average Bonchev–Trinajstić information content (AvgIpc) is 2.36. The van der Waals surface area contributed by atoms with Crippen molar-refractivity contribution in [3.63, 3.8) is 0 Å². The predicted octanol–water partition coefficient (Wildman–Crippen LogP) is 0.948. The number of hydrogen-bond donors (Lipinski definition) is 3. The summed E-state index contributed by atoms with van der Waals surface area (Å²) in [6.07, 6.45) is 0. The summed E-state index contributed by atoms with van der Waals surface area (Å²) in [6, 6.07) is 4.33. The van der Waals surface area contributed by atoms with Crippen LogP contribution in [0.3, 0.4) is 0 Å². The van der Waals surface area contributed by atoms with Crippen LogP contribution in [0.5, 0.6) is 0 Å². The zero-order valence-electron chi connectivity index (χ0n) is 12.3. The molecule has 20 heavy (non-hydrogen) atoms. The molecule has 0 aromatic heterocycles. The number of aliphatic hydroxyl groups excluding tert-OH is 1. The van der Waals surface area contributed by atoms with E-state index in [0.29, 0.717) is 11.4 Å². The van der Waals surface area contributed by atoms with E-state index in [1.54, 1.807) is 6.07 Å². The Bertz CT molecular complexity index is 556. The van der Waals surface area contributed by atoms with Crippen LogP contribution in [0.1, 0.15) is 13.8 Å². The lowest BCUT2D eigenvalue weighted by Crippen LogP contribution is -2.30. The molecule has 0 heterocycles. The van der Waals surface area contributed by atoms with Crippen LogP contribution in [0.4, 0.5) is 11.4 Å². The topological polar surface area (TPSA) is 95.7 Å². The van der Waals surface area contributed by atoms with Gasteiger partial charge in [0.2, 0.25) is 10.0 Å². The molecule has 0 aliphatic rings. The van der Waals surface area contributed by atoms with E-state index < -0.39 is 10.0 Å². The molecule has 0 spiro atoms. The van der Waals surface area contributed by atoms with Crippen LogP contribution in [0.15, 0.2) is 23.1 Å². The minimum atomic E-state index is -3.50. The number of nitrogens with two attached hydrogens (primary N) is 1. The van der Waals surface area contributed by atoms with E-state index in [-0.39, 0.29) is 23.5 Å². The highest BCUT2D eigenvalue weighted by molar-refractivity contribution is 7.89. The quantitative estimate of drug-likeness (QED) is 0.680. The van der Waals surface area contributed by atoms with Crippen LogP contribution in [0.2, 0.25) is 0 Å². The van der Waals surface area contributed by atoms with Gasteiger partial charge in [-0.05, 0) is 24.1 Å². The Labute approximate surface area is 120 Å². The van der Waals surface area contributed by atoms with Gasteiger partial charge in [-0.2, -0.15) is 0 Å². The standard InChI is InChI=1S/C13H23N3O3S/c1-9(2)13(8-17)15-12-7-10(5-6-11(12)14)20(18,19)16(3)4/h5-7,9,13,15,17H,8,14H2,1-4H3. The summed E-state index contributed by atoms with van der Waals surface area (Å²) in [7, 11) is -0.552. The first-order chi connectivity index (χ1) is 9.20. The molecular formula is C13H23N3O3S. The van der Waals surface area contributed by atoms with Gasteiger partial charge in [0.1, 0.15) is 0 Å². The molecule has 114 valence electrons. The molecule has 6 nitrogen and oxygen atoms in total. The number of hydrogen-bond acceptors (Lipinski definition) is 5. The summed E-state index contributed by atoms with van der Waals surface area (Å²) in [5.41, 5.74) is 6.82. The molecule has 0 amide bonds. The fraction of sp³-hybridized carbons (Fsp3) is 0.538.